The minimum Gasteiger partial charge on any atom is -0.379 e. The molecular weight excluding hydrogens is 173 g/mol. The lowest BCUT2D eigenvalue weighted by Gasteiger charge is -2.10. The zero-order chi connectivity index (χ0) is 9.45. The van der Waals surface area contributed by atoms with Gasteiger partial charge >= 0.3 is 6.18 Å². The minimum absolute atomic E-state index is 0.889. The fraction of sp³-hybridized carbons (Fsp3) is 1.00. The second kappa shape index (κ2) is 6.22. The van der Waals surface area contributed by atoms with Crippen molar-refractivity contribution >= 4 is 0 Å². The van der Waals surface area contributed by atoms with E-state index in [1.165, 1.54) is 0 Å². The third kappa shape index (κ3) is 9.67. The third-order valence-electron chi connectivity index (χ3n) is 1.08. The van der Waals surface area contributed by atoms with Crippen LogP contribution in [0.1, 0.15) is 0 Å². The molecule has 0 spiro atoms. The number of nitrogens with two attached hydrogens (primary N) is 1. The molecule has 0 aromatic carbocycles. The highest BCUT2D eigenvalue weighted by Gasteiger charge is 2.23. The van der Waals surface area contributed by atoms with Crippen molar-refractivity contribution in [2.24, 2.45) is 5.73 Å². The highest BCUT2D eigenvalue weighted by molar-refractivity contribution is 4.49. The average Bonchev–Trinajstić information content (AvgIpc) is 2.07. The van der Waals surface area contributed by atoms with Crippen LogP contribution in [-0.4, -0.2) is 39.0 Å². The maximum Gasteiger partial charge on any atom is 0.400 e. The SMILES string of the molecule is C1COCCN1.NCC(F)(F)F. The molecule has 74 valence electrons. The number of ether oxygens (including phenoxy) is 1. The van der Waals surface area contributed by atoms with Gasteiger partial charge in [-0.15, -0.1) is 0 Å². The first-order valence-electron chi connectivity index (χ1n) is 3.61. The molecule has 3 nitrogen and oxygen atoms in total. The molecule has 6 heteroatoms. The van der Waals surface area contributed by atoms with Gasteiger partial charge in [-0.05, 0) is 0 Å². The first kappa shape index (κ1) is 11.7. The molecule has 1 heterocycles. The number of alkyl halides is 3. The molecule has 0 atom stereocenters. The van der Waals surface area contributed by atoms with Crippen LogP contribution in [0.5, 0.6) is 0 Å². The van der Waals surface area contributed by atoms with Crippen molar-refractivity contribution < 1.29 is 17.9 Å². The first-order valence-corrected chi connectivity index (χ1v) is 3.61. The molecule has 0 unspecified atom stereocenters. The molecule has 1 rings (SSSR count). The summed E-state index contributed by atoms with van der Waals surface area (Å²) >= 11 is 0. The van der Waals surface area contributed by atoms with Crippen molar-refractivity contribution in [1.29, 1.82) is 0 Å². The van der Waals surface area contributed by atoms with Crippen molar-refractivity contribution in [3.63, 3.8) is 0 Å². The van der Waals surface area contributed by atoms with E-state index in [1.54, 1.807) is 0 Å². The Kier molecular flexibility index (Phi) is 6.04. The van der Waals surface area contributed by atoms with Gasteiger partial charge in [0.15, 0.2) is 0 Å². The lowest BCUT2D eigenvalue weighted by atomic mass is 10.5. The van der Waals surface area contributed by atoms with Crippen LogP contribution in [0.3, 0.4) is 0 Å². The van der Waals surface area contributed by atoms with Gasteiger partial charge in [-0.2, -0.15) is 13.2 Å². The van der Waals surface area contributed by atoms with Gasteiger partial charge in [0.2, 0.25) is 0 Å². The Balaban J connectivity index is 0.000000202. The number of nitrogens with one attached hydrogen (secondary N) is 1. The number of hydrogen-bond acceptors (Lipinski definition) is 3. The summed E-state index contributed by atoms with van der Waals surface area (Å²) in [5, 5.41) is 3.16. The maximum atomic E-state index is 10.7. The van der Waals surface area contributed by atoms with Crippen LogP contribution in [0.25, 0.3) is 0 Å². The van der Waals surface area contributed by atoms with Gasteiger partial charge in [0.1, 0.15) is 0 Å². The predicted molar refractivity (Wildman–Crippen MR) is 38.8 cm³/mol. The summed E-state index contributed by atoms with van der Waals surface area (Å²) in [4.78, 5) is 0. The van der Waals surface area contributed by atoms with Gasteiger partial charge in [0, 0.05) is 13.1 Å². The van der Waals surface area contributed by atoms with Crippen molar-refractivity contribution in [3.8, 4) is 0 Å². The molecule has 1 fully saturated rings. The highest BCUT2D eigenvalue weighted by atomic mass is 19.4. The fourth-order valence-corrected chi connectivity index (χ4v) is 0.516. The van der Waals surface area contributed by atoms with Crippen molar-refractivity contribution in [1.82, 2.24) is 5.32 Å². The summed E-state index contributed by atoms with van der Waals surface area (Å²) in [6.45, 7) is 2.60. The quantitative estimate of drug-likeness (QED) is 0.564. The zero-order valence-electron chi connectivity index (χ0n) is 6.66. The number of halogens is 3. The van der Waals surface area contributed by atoms with Gasteiger partial charge in [-0.25, -0.2) is 0 Å². The largest absolute Gasteiger partial charge is 0.400 e. The van der Waals surface area contributed by atoms with Crippen LogP contribution in [0.4, 0.5) is 13.2 Å². The van der Waals surface area contributed by atoms with Crippen LogP contribution in [0.15, 0.2) is 0 Å². The Bertz CT molecular complexity index is 91.9. The monoisotopic (exact) mass is 186 g/mol. The van der Waals surface area contributed by atoms with E-state index in [4.69, 9.17) is 4.74 Å². The average molecular weight is 186 g/mol. The van der Waals surface area contributed by atoms with Crippen LogP contribution < -0.4 is 11.1 Å². The van der Waals surface area contributed by atoms with Crippen LogP contribution >= 0.6 is 0 Å². The Labute approximate surface area is 69.1 Å². The second-order valence-electron chi connectivity index (χ2n) is 2.18. The topological polar surface area (TPSA) is 47.3 Å². The zero-order valence-corrected chi connectivity index (χ0v) is 6.66. The Hall–Kier alpha value is -0.330. The van der Waals surface area contributed by atoms with Crippen LogP contribution in [0, 0.1) is 0 Å². The summed E-state index contributed by atoms with van der Waals surface area (Å²) in [7, 11) is 0. The summed E-state index contributed by atoms with van der Waals surface area (Å²) < 4.78 is 37.0. The maximum absolute atomic E-state index is 10.7. The van der Waals surface area contributed by atoms with E-state index < -0.39 is 12.7 Å². The standard InChI is InChI=1S/C4H9NO.C2H4F3N/c1-3-6-4-2-5-1;3-2(4,5)1-6/h5H,1-4H2;1,6H2. The number of rotatable bonds is 0. The molecule has 0 bridgehead atoms. The van der Waals surface area contributed by atoms with E-state index in [9.17, 15) is 13.2 Å². The molecule has 1 aliphatic heterocycles. The molecule has 0 saturated carbocycles. The van der Waals surface area contributed by atoms with Gasteiger partial charge in [0.25, 0.3) is 0 Å². The molecule has 0 aliphatic carbocycles. The molecular formula is C6H13F3N2O. The van der Waals surface area contributed by atoms with E-state index in [0.29, 0.717) is 0 Å². The summed E-state index contributed by atoms with van der Waals surface area (Å²) in [6.07, 6.45) is -4.18. The van der Waals surface area contributed by atoms with Gasteiger partial charge < -0.3 is 15.8 Å². The van der Waals surface area contributed by atoms with E-state index in [2.05, 4.69) is 11.1 Å². The third-order valence-corrected chi connectivity index (χ3v) is 1.08. The normalized spacial score (nSPS) is 18.0. The number of morpholine rings is 1. The summed E-state index contributed by atoms with van der Waals surface area (Å²) in [5.74, 6) is 0. The Morgan fingerprint density at radius 2 is 1.67 bits per heavy atom. The molecule has 0 aromatic heterocycles. The van der Waals surface area contributed by atoms with E-state index in [0.717, 1.165) is 26.3 Å². The number of hydrogen-bond donors (Lipinski definition) is 2. The smallest absolute Gasteiger partial charge is 0.379 e. The van der Waals surface area contributed by atoms with Crippen molar-refractivity contribution in [2.75, 3.05) is 32.8 Å². The molecule has 0 amide bonds. The van der Waals surface area contributed by atoms with Crippen molar-refractivity contribution in [2.45, 2.75) is 6.18 Å². The Morgan fingerprint density at radius 1 is 1.25 bits per heavy atom. The van der Waals surface area contributed by atoms with Gasteiger partial charge in [-0.1, -0.05) is 0 Å². The molecule has 0 aromatic rings. The van der Waals surface area contributed by atoms with E-state index in [1.807, 2.05) is 0 Å². The molecule has 3 N–H and O–H groups in total. The van der Waals surface area contributed by atoms with Crippen molar-refractivity contribution in [3.05, 3.63) is 0 Å². The van der Waals surface area contributed by atoms with Gasteiger partial charge in [0.05, 0.1) is 19.8 Å². The lowest BCUT2D eigenvalue weighted by molar-refractivity contribution is -0.118. The van der Waals surface area contributed by atoms with Gasteiger partial charge in [-0.3, -0.25) is 0 Å². The predicted octanol–water partition coefficient (Wildman–Crippen LogP) is 0.114. The lowest BCUT2D eigenvalue weighted by Crippen LogP contribution is -2.30. The molecule has 0 radical (unpaired) electrons. The van der Waals surface area contributed by atoms with E-state index >= 15 is 0 Å². The fourth-order valence-electron chi connectivity index (χ4n) is 0.516. The minimum atomic E-state index is -4.18. The van der Waals surface area contributed by atoms with Crippen LogP contribution in [0.2, 0.25) is 0 Å². The first-order chi connectivity index (χ1) is 5.56. The second-order valence-corrected chi connectivity index (χ2v) is 2.18. The molecule has 1 aliphatic rings. The Morgan fingerprint density at radius 3 is 1.75 bits per heavy atom. The molecule has 12 heavy (non-hydrogen) atoms. The summed E-state index contributed by atoms with van der Waals surface area (Å²) in [6, 6.07) is 0. The van der Waals surface area contributed by atoms with Crippen LogP contribution in [-0.2, 0) is 4.74 Å². The summed E-state index contributed by atoms with van der Waals surface area (Å²) in [5.41, 5.74) is 4.18. The van der Waals surface area contributed by atoms with E-state index in [-0.39, 0.29) is 0 Å². The highest BCUT2D eigenvalue weighted by Crippen LogP contribution is 2.10. The molecule has 1 saturated heterocycles.